The zero-order valence-corrected chi connectivity index (χ0v) is 19.4. The third kappa shape index (κ3) is 4.24. The van der Waals surface area contributed by atoms with Crippen molar-refractivity contribution in [2.24, 2.45) is 0 Å². The van der Waals surface area contributed by atoms with Crippen molar-refractivity contribution in [3.8, 4) is 16.9 Å². The fraction of sp³-hybridized carbons (Fsp3) is 0.174. The van der Waals surface area contributed by atoms with Crippen LogP contribution in [-0.2, 0) is 9.53 Å². The molecule has 9 heteroatoms. The van der Waals surface area contributed by atoms with E-state index >= 15 is 0 Å². The molecule has 5 rings (SSSR count). The number of aromatic nitrogens is 2. The summed E-state index contributed by atoms with van der Waals surface area (Å²) in [6.07, 6.45) is 3.80. The Hall–Kier alpha value is -2.49. The number of hydrogen-bond acceptors (Lipinski definition) is 6. The molecule has 32 heavy (non-hydrogen) atoms. The van der Waals surface area contributed by atoms with Gasteiger partial charge < -0.3 is 4.74 Å². The molecule has 6 nitrogen and oxygen atoms in total. The van der Waals surface area contributed by atoms with Crippen molar-refractivity contribution < 1.29 is 9.53 Å². The van der Waals surface area contributed by atoms with Gasteiger partial charge in [-0.05, 0) is 30.3 Å². The molecule has 1 aromatic heterocycles. The normalized spacial score (nSPS) is 18.7. The second-order valence-corrected chi connectivity index (χ2v) is 9.39. The largest absolute Gasteiger partial charge is 0.379 e. The van der Waals surface area contributed by atoms with E-state index in [9.17, 15) is 4.79 Å². The van der Waals surface area contributed by atoms with E-state index in [2.05, 4.69) is 0 Å². The summed E-state index contributed by atoms with van der Waals surface area (Å²) < 4.78 is 7.76. The Kier molecular flexibility index (Phi) is 6.12. The van der Waals surface area contributed by atoms with E-state index in [1.807, 2.05) is 76.6 Å². The van der Waals surface area contributed by atoms with E-state index < -0.39 is 0 Å². The van der Waals surface area contributed by atoms with Crippen molar-refractivity contribution in [2.75, 3.05) is 26.3 Å². The van der Waals surface area contributed by atoms with Gasteiger partial charge in [0.15, 0.2) is 4.32 Å². The van der Waals surface area contributed by atoms with Crippen molar-refractivity contribution in [3.05, 3.63) is 76.3 Å². The molecule has 0 aliphatic carbocycles. The van der Waals surface area contributed by atoms with Gasteiger partial charge in [0, 0.05) is 35.4 Å². The standard InChI is InChI=1S/C23H19ClN4O2S2/c24-18-8-6-16(7-9-18)21-17(15-27(25-21)19-4-2-1-3-5-19)14-20-22(29)28(23(31)32-20)26-10-12-30-13-11-26/h1-9,14-15H,10-13H2/b20-14+. The molecule has 0 unspecified atom stereocenters. The highest BCUT2D eigenvalue weighted by atomic mass is 35.5. The van der Waals surface area contributed by atoms with Gasteiger partial charge in [0.1, 0.15) is 0 Å². The quantitative estimate of drug-likeness (QED) is 0.399. The van der Waals surface area contributed by atoms with Crippen LogP contribution < -0.4 is 0 Å². The first-order valence-electron chi connectivity index (χ1n) is 10.1. The number of halogens is 1. The Bertz CT molecular complexity index is 1190. The SMILES string of the molecule is O=C1/C(=C\c2cn(-c3ccccc3)nc2-c2ccc(Cl)cc2)SC(=S)N1N1CCOCC1. The van der Waals surface area contributed by atoms with E-state index in [1.165, 1.54) is 11.8 Å². The van der Waals surface area contributed by atoms with Gasteiger partial charge in [0.05, 0.1) is 29.5 Å². The van der Waals surface area contributed by atoms with Crippen molar-refractivity contribution in [2.45, 2.75) is 0 Å². The highest BCUT2D eigenvalue weighted by molar-refractivity contribution is 8.26. The average Bonchev–Trinajstić information content (AvgIpc) is 3.36. The van der Waals surface area contributed by atoms with Crippen LogP contribution in [0.2, 0.25) is 5.02 Å². The van der Waals surface area contributed by atoms with Gasteiger partial charge in [0.25, 0.3) is 5.91 Å². The van der Waals surface area contributed by atoms with Crippen molar-refractivity contribution >= 4 is 51.9 Å². The molecule has 2 fully saturated rings. The Morgan fingerprint density at radius 3 is 2.50 bits per heavy atom. The highest BCUT2D eigenvalue weighted by Gasteiger charge is 2.37. The van der Waals surface area contributed by atoms with Gasteiger partial charge in [-0.1, -0.05) is 65.9 Å². The summed E-state index contributed by atoms with van der Waals surface area (Å²) in [5.41, 5.74) is 3.45. The number of amides is 1. The Morgan fingerprint density at radius 2 is 1.78 bits per heavy atom. The number of rotatable bonds is 4. The summed E-state index contributed by atoms with van der Waals surface area (Å²) in [6.45, 7) is 2.45. The van der Waals surface area contributed by atoms with Crippen LogP contribution in [0.25, 0.3) is 23.0 Å². The number of ether oxygens (including phenoxy) is 1. The molecule has 0 bridgehead atoms. The summed E-state index contributed by atoms with van der Waals surface area (Å²) >= 11 is 12.9. The molecule has 162 valence electrons. The van der Waals surface area contributed by atoms with Gasteiger partial charge in [-0.25, -0.2) is 14.7 Å². The number of thiocarbonyl (C=S) groups is 1. The predicted octanol–water partition coefficient (Wildman–Crippen LogP) is 4.64. The highest BCUT2D eigenvalue weighted by Crippen LogP contribution is 2.36. The molecular weight excluding hydrogens is 464 g/mol. The molecule has 1 amide bonds. The third-order valence-electron chi connectivity index (χ3n) is 5.21. The molecule has 0 atom stereocenters. The van der Waals surface area contributed by atoms with Crippen LogP contribution in [0.1, 0.15) is 5.56 Å². The van der Waals surface area contributed by atoms with Crippen LogP contribution in [0.15, 0.2) is 65.7 Å². The number of carbonyl (C=O) groups is 1. The average molecular weight is 483 g/mol. The van der Waals surface area contributed by atoms with Gasteiger partial charge >= 0.3 is 0 Å². The number of hydrazine groups is 1. The van der Waals surface area contributed by atoms with Crippen LogP contribution in [0, 0.1) is 0 Å². The molecule has 2 saturated heterocycles. The second-order valence-electron chi connectivity index (χ2n) is 7.28. The Morgan fingerprint density at radius 1 is 1.06 bits per heavy atom. The number of para-hydroxylation sites is 1. The summed E-state index contributed by atoms with van der Waals surface area (Å²) in [7, 11) is 0. The van der Waals surface area contributed by atoms with Gasteiger partial charge in [0.2, 0.25) is 0 Å². The first-order valence-corrected chi connectivity index (χ1v) is 11.7. The monoisotopic (exact) mass is 482 g/mol. The Labute approximate surface area is 200 Å². The number of nitrogens with zero attached hydrogens (tertiary/aromatic N) is 4. The lowest BCUT2D eigenvalue weighted by atomic mass is 10.1. The lowest BCUT2D eigenvalue weighted by molar-refractivity contribution is -0.138. The first-order chi connectivity index (χ1) is 15.6. The number of thioether (sulfide) groups is 1. The van der Waals surface area contributed by atoms with Crippen molar-refractivity contribution in [1.82, 2.24) is 19.8 Å². The molecule has 0 spiro atoms. The fourth-order valence-corrected chi connectivity index (χ4v) is 5.06. The molecule has 2 aromatic carbocycles. The maximum absolute atomic E-state index is 13.2. The summed E-state index contributed by atoms with van der Waals surface area (Å²) in [4.78, 5) is 13.8. The third-order valence-corrected chi connectivity index (χ3v) is 6.75. The minimum absolute atomic E-state index is 0.114. The summed E-state index contributed by atoms with van der Waals surface area (Å²) in [5.74, 6) is -0.114. The van der Waals surface area contributed by atoms with Crippen LogP contribution in [0.3, 0.4) is 0 Å². The first kappa shape index (κ1) is 21.4. The number of benzene rings is 2. The number of hydrogen-bond donors (Lipinski definition) is 0. The molecule has 3 heterocycles. The molecule has 3 aromatic rings. The van der Waals surface area contributed by atoms with E-state index in [-0.39, 0.29) is 5.91 Å². The van der Waals surface area contributed by atoms with Crippen molar-refractivity contribution in [1.29, 1.82) is 0 Å². The smallest absolute Gasteiger partial charge is 0.280 e. The zero-order valence-electron chi connectivity index (χ0n) is 17.0. The van der Waals surface area contributed by atoms with Crippen LogP contribution in [-0.4, -0.2) is 56.3 Å². The Balaban J connectivity index is 1.54. The van der Waals surface area contributed by atoms with E-state index in [1.54, 1.807) is 5.01 Å². The van der Waals surface area contributed by atoms with Gasteiger partial charge in [-0.3, -0.25) is 4.79 Å². The summed E-state index contributed by atoms with van der Waals surface area (Å²) in [5, 5.41) is 9.02. The molecule has 2 aliphatic heterocycles. The molecule has 0 N–H and O–H groups in total. The number of morpholine rings is 1. The van der Waals surface area contributed by atoms with Crippen molar-refractivity contribution in [3.63, 3.8) is 0 Å². The molecule has 2 aliphatic rings. The lowest BCUT2D eigenvalue weighted by Gasteiger charge is -2.33. The zero-order chi connectivity index (χ0) is 22.1. The molecular formula is C23H19ClN4O2S2. The maximum Gasteiger partial charge on any atom is 0.280 e. The minimum atomic E-state index is -0.114. The van der Waals surface area contributed by atoms with E-state index in [0.29, 0.717) is 40.6 Å². The molecule has 0 radical (unpaired) electrons. The van der Waals surface area contributed by atoms with Crippen LogP contribution in [0.5, 0.6) is 0 Å². The van der Waals surface area contributed by atoms with Gasteiger partial charge in [-0.15, -0.1) is 0 Å². The lowest BCUT2D eigenvalue weighted by Crippen LogP contribution is -2.50. The predicted molar refractivity (Wildman–Crippen MR) is 131 cm³/mol. The molecule has 0 saturated carbocycles. The van der Waals surface area contributed by atoms with E-state index in [0.717, 1.165) is 22.5 Å². The topological polar surface area (TPSA) is 50.6 Å². The minimum Gasteiger partial charge on any atom is -0.379 e. The van der Waals surface area contributed by atoms with Crippen LogP contribution >= 0.6 is 35.6 Å². The number of carbonyl (C=O) groups excluding carboxylic acids is 1. The van der Waals surface area contributed by atoms with E-state index in [4.69, 9.17) is 33.7 Å². The fourth-order valence-electron chi connectivity index (χ4n) is 3.64. The second kappa shape index (κ2) is 9.17. The maximum atomic E-state index is 13.2. The van der Waals surface area contributed by atoms with Gasteiger partial charge in [-0.2, -0.15) is 5.10 Å². The van der Waals surface area contributed by atoms with Crippen LogP contribution in [0.4, 0.5) is 0 Å². The summed E-state index contributed by atoms with van der Waals surface area (Å²) in [6, 6.07) is 17.4.